The third-order valence-corrected chi connectivity index (χ3v) is 3.31. The summed E-state index contributed by atoms with van der Waals surface area (Å²) in [5.41, 5.74) is 1.09. The maximum atomic E-state index is 6.07. The van der Waals surface area contributed by atoms with E-state index in [1.165, 1.54) is 0 Å². The minimum Gasteiger partial charge on any atom is -0.495 e. The predicted octanol–water partition coefficient (Wildman–Crippen LogP) is 2.54. The third-order valence-electron chi connectivity index (χ3n) is 3.07. The zero-order valence-electron chi connectivity index (χ0n) is 10.4. The predicted molar refractivity (Wildman–Crippen MR) is 72.3 cm³/mol. The fourth-order valence-corrected chi connectivity index (χ4v) is 2.40. The minimum absolute atomic E-state index is 0.487. The van der Waals surface area contributed by atoms with E-state index in [-0.39, 0.29) is 0 Å². The molecule has 0 aliphatic carbocycles. The summed E-state index contributed by atoms with van der Waals surface area (Å²) in [5.74, 6) is 0.892. The van der Waals surface area contributed by atoms with Crippen LogP contribution in [-0.4, -0.2) is 32.8 Å². The highest BCUT2D eigenvalue weighted by atomic mass is 35.5. The van der Waals surface area contributed by atoms with Crippen LogP contribution in [0.25, 0.3) is 0 Å². The molecule has 1 atom stereocenters. The maximum absolute atomic E-state index is 6.07. The molecule has 1 aliphatic rings. The number of methoxy groups -OCH3 is 1. The molecule has 1 fully saturated rings. The quantitative estimate of drug-likeness (QED) is 0.878. The van der Waals surface area contributed by atoms with Crippen molar-refractivity contribution in [3.63, 3.8) is 0 Å². The summed E-state index contributed by atoms with van der Waals surface area (Å²) in [4.78, 5) is 2.34. The minimum atomic E-state index is 0.487. The molecule has 1 saturated heterocycles. The van der Waals surface area contributed by atoms with E-state index in [9.17, 15) is 0 Å². The first-order chi connectivity index (χ1) is 8.20. The Bertz CT molecular complexity index is 384. The van der Waals surface area contributed by atoms with Gasteiger partial charge in [0.2, 0.25) is 0 Å². The first kappa shape index (κ1) is 12.5. The van der Waals surface area contributed by atoms with E-state index >= 15 is 0 Å². The van der Waals surface area contributed by atoms with Crippen LogP contribution in [0.5, 0.6) is 5.75 Å². The normalized spacial score (nSPS) is 21.1. The second-order valence-corrected chi connectivity index (χ2v) is 4.91. The van der Waals surface area contributed by atoms with Gasteiger partial charge in [0.25, 0.3) is 0 Å². The second-order valence-electron chi connectivity index (χ2n) is 4.47. The summed E-state index contributed by atoms with van der Waals surface area (Å²) < 4.78 is 5.41. The number of benzene rings is 1. The lowest BCUT2D eigenvalue weighted by Crippen LogP contribution is -2.35. The molecule has 1 unspecified atom stereocenters. The number of ether oxygens (including phenoxy) is 1. The largest absolute Gasteiger partial charge is 0.495 e. The standard InChI is InChI=1S/C13H19ClN2O/c1-10-9-16(7-3-6-15-10)12-8-11(14)4-5-13(12)17-2/h4-5,8,10,15H,3,6-7,9H2,1-2H3. The van der Waals surface area contributed by atoms with Crippen molar-refractivity contribution >= 4 is 17.3 Å². The van der Waals surface area contributed by atoms with Crippen molar-refractivity contribution in [3.05, 3.63) is 23.2 Å². The molecule has 1 aromatic carbocycles. The molecule has 0 bridgehead atoms. The molecule has 0 radical (unpaired) electrons. The van der Waals surface area contributed by atoms with E-state index in [1.54, 1.807) is 7.11 Å². The van der Waals surface area contributed by atoms with Crippen molar-refractivity contribution in [3.8, 4) is 5.75 Å². The Morgan fingerprint density at radius 2 is 2.29 bits per heavy atom. The Morgan fingerprint density at radius 1 is 1.47 bits per heavy atom. The van der Waals surface area contributed by atoms with Crippen molar-refractivity contribution in [2.75, 3.05) is 31.6 Å². The molecule has 1 heterocycles. The lowest BCUT2D eigenvalue weighted by molar-refractivity contribution is 0.414. The fraction of sp³-hybridized carbons (Fsp3) is 0.538. The van der Waals surface area contributed by atoms with E-state index in [0.29, 0.717) is 6.04 Å². The Hall–Kier alpha value is -0.930. The molecule has 94 valence electrons. The number of anilines is 1. The molecule has 2 rings (SSSR count). The number of hydrogen-bond acceptors (Lipinski definition) is 3. The van der Waals surface area contributed by atoms with Crippen LogP contribution in [-0.2, 0) is 0 Å². The molecule has 0 saturated carbocycles. The van der Waals surface area contributed by atoms with Gasteiger partial charge in [0, 0.05) is 24.2 Å². The van der Waals surface area contributed by atoms with Crippen molar-refractivity contribution in [2.24, 2.45) is 0 Å². The van der Waals surface area contributed by atoms with Crippen LogP contribution in [0.1, 0.15) is 13.3 Å². The van der Waals surface area contributed by atoms with Crippen molar-refractivity contribution in [2.45, 2.75) is 19.4 Å². The van der Waals surface area contributed by atoms with Crippen molar-refractivity contribution < 1.29 is 4.74 Å². The number of halogens is 1. The molecule has 0 spiro atoms. The molecule has 17 heavy (non-hydrogen) atoms. The number of nitrogens with zero attached hydrogens (tertiary/aromatic N) is 1. The Labute approximate surface area is 108 Å². The molecule has 1 aromatic rings. The van der Waals surface area contributed by atoms with Crippen LogP contribution >= 0.6 is 11.6 Å². The molecular weight excluding hydrogens is 236 g/mol. The summed E-state index contributed by atoms with van der Waals surface area (Å²) in [7, 11) is 1.70. The third kappa shape index (κ3) is 3.05. The summed E-state index contributed by atoms with van der Waals surface area (Å²) in [6, 6.07) is 6.27. The monoisotopic (exact) mass is 254 g/mol. The Balaban J connectivity index is 2.27. The van der Waals surface area contributed by atoms with Gasteiger partial charge in [-0.2, -0.15) is 0 Å². The van der Waals surface area contributed by atoms with Gasteiger partial charge in [-0.3, -0.25) is 0 Å². The number of rotatable bonds is 2. The molecule has 1 N–H and O–H groups in total. The topological polar surface area (TPSA) is 24.5 Å². The summed E-state index contributed by atoms with van der Waals surface area (Å²) >= 11 is 6.07. The lowest BCUT2D eigenvalue weighted by atomic mass is 10.2. The first-order valence-electron chi connectivity index (χ1n) is 6.02. The summed E-state index contributed by atoms with van der Waals surface area (Å²) in [6.45, 7) is 5.29. The smallest absolute Gasteiger partial charge is 0.142 e. The van der Waals surface area contributed by atoms with Gasteiger partial charge in [-0.25, -0.2) is 0 Å². The lowest BCUT2D eigenvalue weighted by Gasteiger charge is -2.26. The van der Waals surface area contributed by atoms with E-state index in [4.69, 9.17) is 16.3 Å². The Morgan fingerprint density at radius 3 is 3.06 bits per heavy atom. The van der Waals surface area contributed by atoms with Gasteiger partial charge in [-0.05, 0) is 38.1 Å². The van der Waals surface area contributed by atoms with Gasteiger partial charge >= 0.3 is 0 Å². The highest BCUT2D eigenvalue weighted by Gasteiger charge is 2.17. The van der Waals surface area contributed by atoms with E-state index < -0.39 is 0 Å². The molecular formula is C13H19ClN2O. The SMILES string of the molecule is COc1ccc(Cl)cc1N1CCCNC(C)C1. The summed E-state index contributed by atoms with van der Waals surface area (Å²) in [5, 5.41) is 4.24. The number of hydrogen-bond donors (Lipinski definition) is 1. The second kappa shape index (κ2) is 5.61. The van der Waals surface area contributed by atoms with E-state index in [2.05, 4.69) is 17.1 Å². The zero-order chi connectivity index (χ0) is 12.3. The number of nitrogens with one attached hydrogen (secondary N) is 1. The van der Waals surface area contributed by atoms with E-state index in [0.717, 1.165) is 42.5 Å². The van der Waals surface area contributed by atoms with Crippen molar-refractivity contribution in [1.29, 1.82) is 0 Å². The van der Waals surface area contributed by atoms with Crippen LogP contribution in [0.3, 0.4) is 0 Å². The van der Waals surface area contributed by atoms with E-state index in [1.807, 2.05) is 18.2 Å². The van der Waals surface area contributed by atoms with Crippen LogP contribution in [0, 0.1) is 0 Å². The average molecular weight is 255 g/mol. The molecule has 1 aliphatic heterocycles. The highest BCUT2D eigenvalue weighted by molar-refractivity contribution is 6.30. The molecule has 4 heteroatoms. The van der Waals surface area contributed by atoms with Crippen LogP contribution in [0.4, 0.5) is 5.69 Å². The van der Waals surface area contributed by atoms with Gasteiger partial charge in [0.15, 0.2) is 0 Å². The molecule has 0 amide bonds. The van der Waals surface area contributed by atoms with Gasteiger partial charge in [-0.1, -0.05) is 11.6 Å². The van der Waals surface area contributed by atoms with Crippen LogP contribution < -0.4 is 15.0 Å². The first-order valence-corrected chi connectivity index (χ1v) is 6.40. The average Bonchev–Trinajstić information content (AvgIpc) is 2.54. The highest BCUT2D eigenvalue weighted by Crippen LogP contribution is 2.31. The van der Waals surface area contributed by atoms with Gasteiger partial charge in [0.1, 0.15) is 5.75 Å². The Kier molecular flexibility index (Phi) is 4.13. The summed E-state index contributed by atoms with van der Waals surface area (Å²) in [6.07, 6.45) is 1.14. The molecule has 3 nitrogen and oxygen atoms in total. The fourth-order valence-electron chi connectivity index (χ4n) is 2.23. The molecule has 0 aromatic heterocycles. The maximum Gasteiger partial charge on any atom is 0.142 e. The van der Waals surface area contributed by atoms with Crippen LogP contribution in [0.15, 0.2) is 18.2 Å². The van der Waals surface area contributed by atoms with Gasteiger partial charge in [-0.15, -0.1) is 0 Å². The van der Waals surface area contributed by atoms with Crippen LogP contribution in [0.2, 0.25) is 5.02 Å². The van der Waals surface area contributed by atoms with Gasteiger partial charge in [0.05, 0.1) is 12.8 Å². The van der Waals surface area contributed by atoms with Gasteiger partial charge < -0.3 is 15.0 Å². The zero-order valence-corrected chi connectivity index (χ0v) is 11.1. The van der Waals surface area contributed by atoms with Crippen molar-refractivity contribution in [1.82, 2.24) is 5.32 Å².